The van der Waals surface area contributed by atoms with Crippen molar-refractivity contribution in [3.05, 3.63) is 112 Å². The minimum atomic E-state index is -0.341. The van der Waals surface area contributed by atoms with E-state index >= 15 is 0 Å². The third kappa shape index (κ3) is 6.12. The fraction of sp³-hybridized carbons (Fsp3) is 0.167. The molecule has 0 radical (unpaired) electrons. The molecule has 0 atom stereocenters. The molecule has 0 bridgehead atoms. The Morgan fingerprint density at radius 1 is 1.14 bits per heavy atom. The summed E-state index contributed by atoms with van der Waals surface area (Å²) in [6.45, 7) is 9.17. The highest BCUT2D eigenvalue weighted by molar-refractivity contribution is 9.10. The van der Waals surface area contributed by atoms with E-state index in [1.54, 1.807) is 18.2 Å². The summed E-state index contributed by atoms with van der Waals surface area (Å²) in [5, 5.41) is 12.9. The lowest BCUT2D eigenvalue weighted by atomic mass is 10.0. The first-order valence-corrected chi connectivity index (χ1v) is 12.6. The van der Waals surface area contributed by atoms with Crippen molar-refractivity contribution in [2.45, 2.75) is 33.8 Å². The van der Waals surface area contributed by atoms with Gasteiger partial charge in [-0.1, -0.05) is 52.4 Å². The molecule has 0 saturated carbocycles. The second-order valence-electron chi connectivity index (χ2n) is 8.93. The van der Waals surface area contributed by atoms with Crippen molar-refractivity contribution in [3.8, 4) is 5.75 Å². The molecule has 3 aromatic carbocycles. The van der Waals surface area contributed by atoms with Crippen LogP contribution in [0.25, 0.3) is 11.5 Å². The van der Waals surface area contributed by atoms with Crippen LogP contribution in [0.5, 0.6) is 5.75 Å². The van der Waals surface area contributed by atoms with Crippen molar-refractivity contribution >= 4 is 44.7 Å². The number of benzene rings is 3. The summed E-state index contributed by atoms with van der Waals surface area (Å²) in [5.74, 6) is -0.0489. The third-order valence-corrected chi connectivity index (χ3v) is 6.45. The van der Waals surface area contributed by atoms with Gasteiger partial charge in [0.15, 0.2) is 0 Å². The largest absolute Gasteiger partial charge is 0.508 e. The molecule has 1 aliphatic heterocycles. The van der Waals surface area contributed by atoms with Crippen molar-refractivity contribution in [1.82, 2.24) is 0 Å². The SMILES string of the molecule is C=C(O)c1cc(NC(C)=O)cc(N2C(C)=CCC=C2c2cc(C)ccc2OCc2ccc(Br)cc2F)c1. The molecular formula is C30H28BrFN2O3. The molecule has 3 aromatic rings. The first-order chi connectivity index (χ1) is 17.6. The van der Waals surface area contributed by atoms with E-state index < -0.39 is 0 Å². The van der Waals surface area contributed by atoms with Gasteiger partial charge in [-0.3, -0.25) is 4.79 Å². The quantitative estimate of drug-likeness (QED) is 0.285. The maximum atomic E-state index is 14.4. The summed E-state index contributed by atoms with van der Waals surface area (Å²) in [5.41, 5.74) is 5.96. The summed E-state index contributed by atoms with van der Waals surface area (Å²) in [7, 11) is 0. The van der Waals surface area contributed by atoms with Gasteiger partial charge in [-0.2, -0.15) is 0 Å². The van der Waals surface area contributed by atoms with Crippen molar-refractivity contribution < 1.29 is 19.0 Å². The van der Waals surface area contributed by atoms with Crippen LogP contribution < -0.4 is 15.0 Å². The standard InChI is InChI=1S/C30H28BrFN2O3/c1-18-8-11-30(37-17-22-9-10-24(31)15-28(22)32)27(12-18)29-7-5-6-19(2)34(29)26-14-23(20(3)35)13-25(16-26)33-21(4)36/h6-16,35H,3,5,17H2,1-2,4H3,(H,33,36). The molecular weight excluding hydrogens is 535 g/mol. The Kier molecular flexibility index (Phi) is 7.83. The zero-order valence-electron chi connectivity index (χ0n) is 20.9. The smallest absolute Gasteiger partial charge is 0.221 e. The molecule has 5 nitrogen and oxygen atoms in total. The van der Waals surface area contributed by atoms with Gasteiger partial charge in [0.2, 0.25) is 5.91 Å². The van der Waals surface area contributed by atoms with Gasteiger partial charge in [-0.15, -0.1) is 0 Å². The van der Waals surface area contributed by atoms with Gasteiger partial charge in [0.25, 0.3) is 0 Å². The molecule has 0 aromatic heterocycles. The normalized spacial score (nSPS) is 13.1. The highest BCUT2D eigenvalue weighted by atomic mass is 79.9. The molecule has 7 heteroatoms. The Labute approximate surface area is 224 Å². The number of halogens is 2. The second kappa shape index (κ2) is 11.0. The van der Waals surface area contributed by atoms with Crippen LogP contribution in [0.15, 0.2) is 83.5 Å². The number of aliphatic hydroxyl groups excluding tert-OH is 1. The molecule has 1 heterocycles. The maximum Gasteiger partial charge on any atom is 0.221 e. The zero-order valence-corrected chi connectivity index (χ0v) is 22.5. The Bertz CT molecular complexity index is 1440. The molecule has 0 spiro atoms. The molecule has 0 saturated heterocycles. The molecule has 2 N–H and O–H groups in total. The summed E-state index contributed by atoms with van der Waals surface area (Å²) in [6, 6.07) is 16.1. The minimum absolute atomic E-state index is 0.0732. The number of aliphatic hydroxyl groups is 1. The number of allylic oxidation sites excluding steroid dienone is 3. The molecule has 1 aliphatic rings. The van der Waals surface area contributed by atoms with E-state index in [2.05, 4.69) is 40.0 Å². The predicted molar refractivity (Wildman–Crippen MR) is 151 cm³/mol. The topological polar surface area (TPSA) is 61.8 Å². The zero-order chi connectivity index (χ0) is 26.7. The lowest BCUT2D eigenvalue weighted by Crippen LogP contribution is -2.22. The molecule has 0 unspecified atom stereocenters. The van der Waals surface area contributed by atoms with E-state index in [4.69, 9.17) is 4.74 Å². The molecule has 0 aliphatic carbocycles. The third-order valence-electron chi connectivity index (χ3n) is 5.96. The molecule has 4 rings (SSSR count). The van der Waals surface area contributed by atoms with Gasteiger partial charge in [-0.25, -0.2) is 4.39 Å². The predicted octanol–water partition coefficient (Wildman–Crippen LogP) is 8.12. The number of hydrogen-bond donors (Lipinski definition) is 2. The van der Waals surface area contributed by atoms with Gasteiger partial charge in [0.05, 0.1) is 5.70 Å². The van der Waals surface area contributed by atoms with Gasteiger partial charge >= 0.3 is 0 Å². The lowest BCUT2D eigenvalue weighted by Gasteiger charge is -2.33. The number of anilines is 2. The Balaban J connectivity index is 1.76. The monoisotopic (exact) mass is 562 g/mol. The number of rotatable bonds is 7. The van der Waals surface area contributed by atoms with Crippen molar-refractivity contribution in [3.63, 3.8) is 0 Å². The summed E-state index contributed by atoms with van der Waals surface area (Å²) < 4.78 is 21.3. The highest BCUT2D eigenvalue weighted by Gasteiger charge is 2.23. The van der Waals surface area contributed by atoms with E-state index in [0.29, 0.717) is 27.0 Å². The average Bonchev–Trinajstić information content (AvgIpc) is 2.83. The second-order valence-corrected chi connectivity index (χ2v) is 9.84. The van der Waals surface area contributed by atoms with Crippen LogP contribution in [0.3, 0.4) is 0 Å². The lowest BCUT2D eigenvalue weighted by molar-refractivity contribution is -0.114. The number of aryl methyl sites for hydroxylation is 1. The van der Waals surface area contributed by atoms with E-state index in [9.17, 15) is 14.3 Å². The van der Waals surface area contributed by atoms with Crippen LogP contribution in [0.4, 0.5) is 15.8 Å². The summed E-state index contributed by atoms with van der Waals surface area (Å²) in [6.07, 6.45) is 4.90. The van der Waals surface area contributed by atoms with E-state index in [1.165, 1.54) is 13.0 Å². The number of carbonyl (C=O) groups is 1. The first kappa shape index (κ1) is 26.2. The number of amides is 1. The minimum Gasteiger partial charge on any atom is -0.508 e. The fourth-order valence-corrected chi connectivity index (χ4v) is 4.57. The van der Waals surface area contributed by atoms with Crippen LogP contribution >= 0.6 is 15.9 Å². The number of hydrogen-bond acceptors (Lipinski definition) is 4. The van der Waals surface area contributed by atoms with E-state index in [1.807, 2.05) is 49.1 Å². The van der Waals surface area contributed by atoms with Crippen LogP contribution in [0, 0.1) is 12.7 Å². The molecule has 1 amide bonds. The summed E-state index contributed by atoms with van der Waals surface area (Å²) in [4.78, 5) is 13.8. The van der Waals surface area contributed by atoms with Gasteiger partial charge in [0.1, 0.15) is 23.9 Å². The molecule has 37 heavy (non-hydrogen) atoms. The fourth-order valence-electron chi connectivity index (χ4n) is 4.23. The Morgan fingerprint density at radius 3 is 2.62 bits per heavy atom. The van der Waals surface area contributed by atoms with Crippen LogP contribution in [-0.4, -0.2) is 11.0 Å². The van der Waals surface area contributed by atoms with Gasteiger partial charge in [-0.05, 0) is 62.7 Å². The van der Waals surface area contributed by atoms with E-state index in [-0.39, 0.29) is 24.1 Å². The van der Waals surface area contributed by atoms with Crippen LogP contribution in [-0.2, 0) is 11.4 Å². The maximum absolute atomic E-state index is 14.4. The van der Waals surface area contributed by atoms with Crippen molar-refractivity contribution in [2.75, 3.05) is 10.2 Å². The average molecular weight is 563 g/mol. The van der Waals surface area contributed by atoms with Gasteiger partial charge < -0.3 is 20.1 Å². The summed E-state index contributed by atoms with van der Waals surface area (Å²) >= 11 is 3.29. The molecule has 0 fully saturated rings. The number of nitrogens with zero attached hydrogens (tertiary/aromatic N) is 1. The van der Waals surface area contributed by atoms with Crippen LogP contribution in [0.2, 0.25) is 0 Å². The van der Waals surface area contributed by atoms with E-state index in [0.717, 1.165) is 34.6 Å². The number of nitrogens with one attached hydrogen (secondary N) is 1. The van der Waals surface area contributed by atoms with Gasteiger partial charge in [0, 0.05) is 45.2 Å². The molecule has 190 valence electrons. The van der Waals surface area contributed by atoms with Crippen molar-refractivity contribution in [1.29, 1.82) is 0 Å². The number of carbonyl (C=O) groups excluding carboxylic acids is 1. The Hall–Kier alpha value is -3.84. The Morgan fingerprint density at radius 2 is 1.92 bits per heavy atom. The number of ether oxygens (including phenoxy) is 1. The first-order valence-electron chi connectivity index (χ1n) is 11.8. The highest BCUT2D eigenvalue weighted by Crippen LogP contribution is 2.40. The van der Waals surface area contributed by atoms with Crippen LogP contribution in [0.1, 0.15) is 42.5 Å². The van der Waals surface area contributed by atoms with Crippen molar-refractivity contribution in [2.24, 2.45) is 0 Å².